The SMILES string of the molecule is O=C1c2ccccc2C(=O)N1CCCCOc1ccc([N+](=O)[O-])cc1. The first-order valence-corrected chi connectivity index (χ1v) is 7.90. The lowest BCUT2D eigenvalue weighted by atomic mass is 10.1. The van der Waals surface area contributed by atoms with E-state index in [1.807, 2.05) is 0 Å². The van der Waals surface area contributed by atoms with Crippen molar-refractivity contribution in [3.8, 4) is 5.75 Å². The van der Waals surface area contributed by atoms with Gasteiger partial charge in [-0.3, -0.25) is 24.6 Å². The van der Waals surface area contributed by atoms with Gasteiger partial charge in [-0.25, -0.2) is 0 Å². The molecule has 7 heteroatoms. The molecule has 2 amide bonds. The third-order valence-corrected chi connectivity index (χ3v) is 3.97. The van der Waals surface area contributed by atoms with E-state index < -0.39 is 4.92 Å². The Morgan fingerprint density at radius 3 is 2.08 bits per heavy atom. The van der Waals surface area contributed by atoms with Crippen molar-refractivity contribution in [2.24, 2.45) is 0 Å². The van der Waals surface area contributed by atoms with Crippen LogP contribution in [0, 0.1) is 10.1 Å². The minimum absolute atomic E-state index is 0.0120. The first-order chi connectivity index (χ1) is 12.1. The fourth-order valence-electron chi connectivity index (χ4n) is 2.67. The molecule has 0 atom stereocenters. The Hall–Kier alpha value is -3.22. The van der Waals surface area contributed by atoms with Gasteiger partial charge in [0.05, 0.1) is 22.7 Å². The molecule has 0 unspecified atom stereocenters. The van der Waals surface area contributed by atoms with E-state index in [2.05, 4.69) is 0 Å². The second-order valence-electron chi connectivity index (χ2n) is 5.61. The van der Waals surface area contributed by atoms with E-state index in [0.717, 1.165) is 0 Å². The molecule has 0 saturated heterocycles. The highest BCUT2D eigenvalue weighted by atomic mass is 16.6. The third-order valence-electron chi connectivity index (χ3n) is 3.97. The maximum Gasteiger partial charge on any atom is 0.269 e. The van der Waals surface area contributed by atoms with Crippen molar-refractivity contribution in [3.63, 3.8) is 0 Å². The number of nitro benzene ring substituents is 1. The van der Waals surface area contributed by atoms with Crippen LogP contribution in [0.1, 0.15) is 33.6 Å². The molecule has 0 N–H and O–H groups in total. The molecule has 25 heavy (non-hydrogen) atoms. The summed E-state index contributed by atoms with van der Waals surface area (Å²) in [7, 11) is 0. The van der Waals surface area contributed by atoms with Gasteiger partial charge in [-0.1, -0.05) is 12.1 Å². The number of imide groups is 1. The van der Waals surface area contributed by atoms with E-state index in [9.17, 15) is 19.7 Å². The Morgan fingerprint density at radius 2 is 1.52 bits per heavy atom. The maximum atomic E-state index is 12.2. The van der Waals surface area contributed by atoms with Gasteiger partial charge in [0.1, 0.15) is 5.75 Å². The molecule has 3 rings (SSSR count). The minimum atomic E-state index is -0.466. The number of nitrogens with zero attached hydrogens (tertiary/aromatic N) is 2. The summed E-state index contributed by atoms with van der Waals surface area (Å²) in [6, 6.07) is 12.7. The van der Waals surface area contributed by atoms with Crippen LogP contribution in [0.5, 0.6) is 5.75 Å². The van der Waals surface area contributed by atoms with Gasteiger partial charge in [0.15, 0.2) is 0 Å². The number of non-ortho nitro benzene ring substituents is 1. The Labute approximate surface area is 144 Å². The van der Waals surface area contributed by atoms with Crippen LogP contribution in [0.25, 0.3) is 0 Å². The summed E-state index contributed by atoms with van der Waals surface area (Å²) in [5, 5.41) is 10.6. The third kappa shape index (κ3) is 3.50. The van der Waals surface area contributed by atoms with E-state index in [1.165, 1.54) is 17.0 Å². The molecular formula is C18H16N2O5. The zero-order valence-electron chi connectivity index (χ0n) is 13.4. The molecule has 0 saturated carbocycles. The number of ether oxygens (including phenoxy) is 1. The van der Waals surface area contributed by atoms with E-state index in [4.69, 9.17) is 4.74 Å². The van der Waals surface area contributed by atoms with Gasteiger partial charge in [-0.05, 0) is 37.1 Å². The Kier molecular flexibility index (Phi) is 4.74. The quantitative estimate of drug-likeness (QED) is 0.334. The topological polar surface area (TPSA) is 89.8 Å². The van der Waals surface area contributed by atoms with Crippen molar-refractivity contribution < 1.29 is 19.2 Å². The first kappa shape index (κ1) is 16.6. The molecule has 2 aromatic carbocycles. The standard InChI is InChI=1S/C18H16N2O5/c21-17-15-5-1-2-6-16(15)18(22)19(17)11-3-4-12-25-14-9-7-13(8-10-14)20(23)24/h1-2,5-10H,3-4,11-12H2. The highest BCUT2D eigenvalue weighted by molar-refractivity contribution is 6.21. The molecule has 0 fully saturated rings. The molecule has 1 aliphatic rings. The fourth-order valence-corrected chi connectivity index (χ4v) is 2.67. The number of nitro groups is 1. The van der Waals surface area contributed by atoms with Gasteiger partial charge in [0, 0.05) is 18.7 Å². The second-order valence-corrected chi connectivity index (χ2v) is 5.61. The predicted octanol–water partition coefficient (Wildman–Crippen LogP) is 3.05. The van der Waals surface area contributed by atoms with Crippen LogP contribution in [0.3, 0.4) is 0 Å². The lowest BCUT2D eigenvalue weighted by Crippen LogP contribution is -2.30. The summed E-state index contributed by atoms with van der Waals surface area (Å²) in [5.41, 5.74) is 0.919. The molecule has 1 heterocycles. The normalized spacial score (nSPS) is 13.0. The van der Waals surface area contributed by atoms with Crippen LogP contribution < -0.4 is 4.74 Å². The molecule has 1 aliphatic heterocycles. The first-order valence-electron chi connectivity index (χ1n) is 7.90. The molecule has 0 bridgehead atoms. The largest absolute Gasteiger partial charge is 0.494 e. The van der Waals surface area contributed by atoms with Gasteiger partial charge in [-0.15, -0.1) is 0 Å². The van der Waals surface area contributed by atoms with E-state index in [0.29, 0.717) is 42.9 Å². The number of carbonyl (C=O) groups excluding carboxylic acids is 2. The smallest absolute Gasteiger partial charge is 0.269 e. The van der Waals surface area contributed by atoms with Crippen molar-refractivity contribution in [1.29, 1.82) is 0 Å². The van der Waals surface area contributed by atoms with E-state index in [1.54, 1.807) is 36.4 Å². The number of fused-ring (bicyclic) bond motifs is 1. The lowest BCUT2D eigenvalue weighted by Gasteiger charge is -2.13. The molecule has 0 aliphatic carbocycles. The Morgan fingerprint density at radius 1 is 0.920 bits per heavy atom. The summed E-state index contributed by atoms with van der Waals surface area (Å²) in [6.07, 6.45) is 1.28. The van der Waals surface area contributed by atoms with E-state index >= 15 is 0 Å². The molecule has 0 radical (unpaired) electrons. The van der Waals surface area contributed by atoms with Gasteiger partial charge < -0.3 is 4.74 Å². The number of carbonyl (C=O) groups is 2. The summed E-state index contributed by atoms with van der Waals surface area (Å²) in [4.78, 5) is 35.8. The zero-order valence-corrected chi connectivity index (χ0v) is 13.4. The molecule has 128 valence electrons. The summed E-state index contributed by atoms with van der Waals surface area (Å²) < 4.78 is 5.51. The van der Waals surface area contributed by atoms with Crippen LogP contribution in [0.4, 0.5) is 5.69 Å². The second kappa shape index (κ2) is 7.12. The van der Waals surface area contributed by atoms with E-state index in [-0.39, 0.29) is 17.5 Å². The Balaban J connectivity index is 1.44. The predicted molar refractivity (Wildman–Crippen MR) is 89.6 cm³/mol. The summed E-state index contributed by atoms with van der Waals surface area (Å²) in [6.45, 7) is 0.747. The van der Waals surface area contributed by atoms with Gasteiger partial charge in [0.25, 0.3) is 17.5 Å². The summed E-state index contributed by atoms with van der Waals surface area (Å²) in [5.74, 6) is 0.0418. The van der Waals surface area contributed by atoms with Crippen molar-refractivity contribution >= 4 is 17.5 Å². The van der Waals surface area contributed by atoms with Crippen molar-refractivity contribution in [1.82, 2.24) is 4.90 Å². The highest BCUT2D eigenvalue weighted by Crippen LogP contribution is 2.23. The zero-order chi connectivity index (χ0) is 17.8. The number of benzene rings is 2. The van der Waals surface area contributed by atoms with Crippen LogP contribution >= 0.6 is 0 Å². The van der Waals surface area contributed by atoms with Gasteiger partial charge in [-0.2, -0.15) is 0 Å². The molecule has 2 aromatic rings. The minimum Gasteiger partial charge on any atom is -0.494 e. The van der Waals surface area contributed by atoms with Crippen LogP contribution in [0.15, 0.2) is 48.5 Å². The number of rotatable bonds is 7. The molecule has 0 aromatic heterocycles. The fraction of sp³-hybridized carbons (Fsp3) is 0.222. The van der Waals surface area contributed by atoms with Gasteiger partial charge >= 0.3 is 0 Å². The van der Waals surface area contributed by atoms with Crippen LogP contribution in [-0.4, -0.2) is 34.8 Å². The van der Waals surface area contributed by atoms with Gasteiger partial charge in [0.2, 0.25) is 0 Å². The van der Waals surface area contributed by atoms with Crippen LogP contribution in [-0.2, 0) is 0 Å². The molecular weight excluding hydrogens is 324 g/mol. The van der Waals surface area contributed by atoms with Crippen molar-refractivity contribution in [3.05, 3.63) is 69.8 Å². The highest BCUT2D eigenvalue weighted by Gasteiger charge is 2.34. The average molecular weight is 340 g/mol. The monoisotopic (exact) mass is 340 g/mol. The maximum absolute atomic E-state index is 12.2. The number of hydrogen-bond acceptors (Lipinski definition) is 5. The molecule has 7 nitrogen and oxygen atoms in total. The number of unbranched alkanes of at least 4 members (excludes halogenated alkanes) is 1. The molecule has 0 spiro atoms. The van der Waals surface area contributed by atoms with Crippen molar-refractivity contribution in [2.45, 2.75) is 12.8 Å². The van der Waals surface area contributed by atoms with Crippen molar-refractivity contribution in [2.75, 3.05) is 13.2 Å². The number of amides is 2. The summed E-state index contributed by atoms with van der Waals surface area (Å²) >= 11 is 0. The van der Waals surface area contributed by atoms with Crippen LogP contribution in [0.2, 0.25) is 0 Å². The number of hydrogen-bond donors (Lipinski definition) is 0. The lowest BCUT2D eigenvalue weighted by molar-refractivity contribution is -0.384. The average Bonchev–Trinajstić information content (AvgIpc) is 2.87. The Bertz CT molecular complexity index is 781.